The van der Waals surface area contributed by atoms with E-state index in [9.17, 15) is 4.79 Å². The summed E-state index contributed by atoms with van der Waals surface area (Å²) in [5.74, 6) is 3.02. The van der Waals surface area contributed by atoms with Crippen molar-refractivity contribution >= 4 is 39.6 Å². The average Bonchev–Trinajstić information content (AvgIpc) is 2.62. The van der Waals surface area contributed by atoms with Crippen molar-refractivity contribution in [2.45, 2.75) is 20.3 Å². The van der Waals surface area contributed by atoms with E-state index in [2.05, 4.69) is 4.90 Å². The number of rotatable bonds is 4. The Morgan fingerprint density at radius 3 is 2.75 bits per heavy atom. The first-order valence-electron chi connectivity index (χ1n) is 6.89. The van der Waals surface area contributed by atoms with Crippen molar-refractivity contribution in [2.24, 2.45) is 5.92 Å². The Hall–Kier alpha value is -0.880. The Morgan fingerprint density at radius 1 is 1.35 bits per heavy atom. The van der Waals surface area contributed by atoms with Gasteiger partial charge in [0.15, 0.2) is 11.5 Å². The second-order valence-corrected chi connectivity index (χ2v) is 7.38. The lowest BCUT2D eigenvalue weighted by Gasteiger charge is -2.21. The molecule has 2 heterocycles. The third-order valence-corrected chi connectivity index (χ3v) is 5.65. The highest BCUT2D eigenvalue weighted by Gasteiger charge is 2.26. The SMILES string of the molecule is COc1c(N2CCCSCC2)sc(C(=O)C(C)C)c1N. The molecule has 1 aliphatic heterocycles. The Morgan fingerprint density at radius 2 is 2.10 bits per heavy atom. The number of nitrogens with zero attached hydrogens (tertiary/aromatic N) is 1. The molecule has 0 radical (unpaired) electrons. The molecule has 0 spiro atoms. The number of thioether (sulfide) groups is 1. The number of ketones is 1. The van der Waals surface area contributed by atoms with E-state index in [4.69, 9.17) is 10.5 Å². The predicted octanol–water partition coefficient (Wildman–Crippen LogP) is 3.12. The Balaban J connectivity index is 2.37. The fourth-order valence-corrected chi connectivity index (χ4v) is 4.43. The van der Waals surface area contributed by atoms with Crippen molar-refractivity contribution in [2.75, 3.05) is 42.3 Å². The van der Waals surface area contributed by atoms with E-state index >= 15 is 0 Å². The zero-order chi connectivity index (χ0) is 14.7. The molecule has 20 heavy (non-hydrogen) atoms. The Bertz CT molecular complexity index is 478. The van der Waals surface area contributed by atoms with E-state index < -0.39 is 0 Å². The van der Waals surface area contributed by atoms with E-state index in [0.717, 1.165) is 30.3 Å². The normalized spacial score (nSPS) is 16.3. The summed E-state index contributed by atoms with van der Waals surface area (Å²) >= 11 is 3.45. The molecule has 0 unspecified atom stereocenters. The second-order valence-electron chi connectivity index (χ2n) is 5.16. The van der Waals surface area contributed by atoms with Crippen LogP contribution in [-0.2, 0) is 0 Å². The highest BCUT2D eigenvalue weighted by Crippen LogP contribution is 2.45. The average molecular weight is 314 g/mol. The number of carbonyl (C=O) groups excluding carboxylic acids is 1. The number of thiophene rings is 1. The Kier molecular flexibility index (Phi) is 5.21. The summed E-state index contributed by atoms with van der Waals surface area (Å²) in [6.07, 6.45) is 1.15. The van der Waals surface area contributed by atoms with Gasteiger partial charge in [-0.25, -0.2) is 0 Å². The second kappa shape index (κ2) is 6.72. The number of hydrogen-bond donors (Lipinski definition) is 1. The lowest BCUT2D eigenvalue weighted by Crippen LogP contribution is -2.24. The first kappa shape index (κ1) is 15.5. The number of carbonyl (C=O) groups is 1. The summed E-state index contributed by atoms with van der Waals surface area (Å²) in [6, 6.07) is 0. The molecular weight excluding hydrogens is 292 g/mol. The van der Waals surface area contributed by atoms with Gasteiger partial charge in [0.25, 0.3) is 0 Å². The molecular formula is C14H22N2O2S2. The largest absolute Gasteiger partial charge is 0.492 e. The number of nitrogens with two attached hydrogens (primary N) is 1. The van der Waals surface area contributed by atoms with E-state index in [1.165, 1.54) is 17.1 Å². The van der Waals surface area contributed by atoms with Crippen LogP contribution < -0.4 is 15.4 Å². The van der Waals surface area contributed by atoms with Crippen molar-refractivity contribution < 1.29 is 9.53 Å². The number of Topliss-reactive ketones (excluding diaryl/α,β-unsaturated/α-hetero) is 1. The molecule has 2 rings (SSSR count). The number of ether oxygens (including phenoxy) is 1. The van der Waals surface area contributed by atoms with Gasteiger partial charge in [-0.3, -0.25) is 4.79 Å². The van der Waals surface area contributed by atoms with Crippen LogP contribution in [0.25, 0.3) is 0 Å². The van der Waals surface area contributed by atoms with Crippen molar-refractivity contribution in [3.05, 3.63) is 4.88 Å². The summed E-state index contributed by atoms with van der Waals surface area (Å²) in [4.78, 5) is 15.2. The summed E-state index contributed by atoms with van der Waals surface area (Å²) in [6.45, 7) is 5.78. The fourth-order valence-electron chi connectivity index (χ4n) is 2.22. The van der Waals surface area contributed by atoms with Gasteiger partial charge in [-0.15, -0.1) is 11.3 Å². The summed E-state index contributed by atoms with van der Waals surface area (Å²) in [7, 11) is 1.62. The summed E-state index contributed by atoms with van der Waals surface area (Å²) < 4.78 is 5.47. The topological polar surface area (TPSA) is 55.6 Å². The van der Waals surface area contributed by atoms with Crippen LogP contribution in [0.2, 0.25) is 0 Å². The highest BCUT2D eigenvalue weighted by molar-refractivity contribution is 7.99. The maximum absolute atomic E-state index is 12.2. The van der Waals surface area contributed by atoms with Gasteiger partial charge in [0, 0.05) is 24.8 Å². The third kappa shape index (κ3) is 3.06. The monoisotopic (exact) mass is 314 g/mol. The molecule has 1 aromatic rings. The molecule has 1 fully saturated rings. The van der Waals surface area contributed by atoms with Gasteiger partial charge in [-0.05, 0) is 12.2 Å². The fraction of sp³-hybridized carbons (Fsp3) is 0.643. The molecule has 0 bridgehead atoms. The van der Waals surface area contributed by atoms with Gasteiger partial charge in [0.05, 0.1) is 17.7 Å². The molecule has 1 aliphatic rings. The summed E-state index contributed by atoms with van der Waals surface area (Å²) in [5.41, 5.74) is 6.63. The van der Waals surface area contributed by atoms with Gasteiger partial charge in [0.1, 0.15) is 5.00 Å². The Labute approximate surface area is 128 Å². The zero-order valence-corrected chi connectivity index (χ0v) is 13.9. The molecule has 1 saturated heterocycles. The highest BCUT2D eigenvalue weighted by atomic mass is 32.2. The number of methoxy groups -OCH3 is 1. The lowest BCUT2D eigenvalue weighted by atomic mass is 10.1. The molecule has 0 saturated carbocycles. The first-order valence-corrected chi connectivity index (χ1v) is 8.86. The molecule has 0 aliphatic carbocycles. The van der Waals surface area contributed by atoms with E-state index in [1.54, 1.807) is 7.11 Å². The molecule has 2 N–H and O–H groups in total. The first-order chi connectivity index (χ1) is 9.56. The van der Waals surface area contributed by atoms with E-state index in [0.29, 0.717) is 16.3 Å². The van der Waals surface area contributed by atoms with E-state index in [-0.39, 0.29) is 11.7 Å². The minimum Gasteiger partial charge on any atom is -0.492 e. The predicted molar refractivity (Wildman–Crippen MR) is 88.6 cm³/mol. The maximum atomic E-state index is 12.2. The minimum absolute atomic E-state index is 0.0480. The van der Waals surface area contributed by atoms with Gasteiger partial charge in [0.2, 0.25) is 0 Å². The minimum atomic E-state index is -0.0480. The van der Waals surface area contributed by atoms with Gasteiger partial charge in [-0.2, -0.15) is 11.8 Å². The summed E-state index contributed by atoms with van der Waals surface area (Å²) in [5, 5.41) is 1.01. The molecule has 6 heteroatoms. The molecule has 112 valence electrons. The van der Waals surface area contributed by atoms with Crippen LogP contribution in [0.15, 0.2) is 0 Å². The van der Waals surface area contributed by atoms with Crippen molar-refractivity contribution in [1.82, 2.24) is 0 Å². The van der Waals surface area contributed by atoms with Crippen LogP contribution in [0, 0.1) is 5.92 Å². The van der Waals surface area contributed by atoms with Crippen LogP contribution >= 0.6 is 23.1 Å². The molecule has 0 aromatic carbocycles. The van der Waals surface area contributed by atoms with Gasteiger partial charge < -0.3 is 15.4 Å². The number of nitrogen functional groups attached to an aromatic ring is 1. The molecule has 0 amide bonds. The maximum Gasteiger partial charge on any atom is 0.177 e. The van der Waals surface area contributed by atoms with Crippen molar-refractivity contribution in [3.8, 4) is 5.75 Å². The molecule has 4 nitrogen and oxygen atoms in total. The van der Waals surface area contributed by atoms with Crippen molar-refractivity contribution in [3.63, 3.8) is 0 Å². The van der Waals surface area contributed by atoms with Gasteiger partial charge in [-0.1, -0.05) is 13.8 Å². The van der Waals surface area contributed by atoms with Crippen molar-refractivity contribution in [1.29, 1.82) is 0 Å². The van der Waals surface area contributed by atoms with E-state index in [1.807, 2.05) is 25.6 Å². The zero-order valence-electron chi connectivity index (χ0n) is 12.3. The molecule has 0 atom stereocenters. The van der Waals surface area contributed by atoms with Crippen LogP contribution in [0.5, 0.6) is 5.75 Å². The quantitative estimate of drug-likeness (QED) is 0.865. The number of hydrogen-bond acceptors (Lipinski definition) is 6. The van der Waals surface area contributed by atoms with Crippen LogP contribution in [0.3, 0.4) is 0 Å². The molecule has 1 aromatic heterocycles. The van der Waals surface area contributed by atoms with Crippen LogP contribution in [-0.4, -0.2) is 37.5 Å². The van der Waals surface area contributed by atoms with Gasteiger partial charge >= 0.3 is 0 Å². The van der Waals surface area contributed by atoms with Crippen LogP contribution in [0.4, 0.5) is 10.7 Å². The smallest absolute Gasteiger partial charge is 0.177 e. The standard InChI is InChI=1S/C14H22N2O2S2/c1-9(2)11(17)13-10(15)12(18-3)14(20-13)16-5-4-7-19-8-6-16/h9H,4-8,15H2,1-3H3. The number of anilines is 2. The lowest BCUT2D eigenvalue weighted by molar-refractivity contribution is 0.0944. The van der Waals surface area contributed by atoms with Crippen LogP contribution in [0.1, 0.15) is 29.9 Å². The third-order valence-electron chi connectivity index (χ3n) is 3.34.